The van der Waals surface area contributed by atoms with E-state index in [0.29, 0.717) is 73.1 Å². The molecular weight excluding hydrogens is 777 g/mol. The number of fused-ring (bicyclic) bond motifs is 5. The number of aliphatic hydroxyl groups is 1. The Morgan fingerprint density at radius 1 is 0.951 bits per heavy atom. The number of phenols is 2. The molecule has 14 nitrogen and oxygen atoms in total. The average molecular weight is 825 g/mol. The zero-order chi connectivity index (χ0) is 42.9. The van der Waals surface area contributed by atoms with Gasteiger partial charge in [-0.3, -0.25) is 14.8 Å². The number of nitrogens with one attached hydrogen (secondary N) is 1. The summed E-state index contributed by atoms with van der Waals surface area (Å²) in [5.41, 5.74) is 7.81. The van der Waals surface area contributed by atoms with Crippen LogP contribution in [0.25, 0.3) is 44.7 Å². The molecule has 9 rings (SSSR count). The predicted octanol–water partition coefficient (Wildman–Crippen LogP) is 6.86. The van der Waals surface area contributed by atoms with Crippen LogP contribution >= 0.6 is 0 Å². The summed E-state index contributed by atoms with van der Waals surface area (Å²) < 4.78 is 12.8. The van der Waals surface area contributed by atoms with Crippen molar-refractivity contribution in [2.75, 3.05) is 26.2 Å². The second-order valence-corrected chi connectivity index (χ2v) is 16.5. The molecule has 3 aromatic heterocycles. The summed E-state index contributed by atoms with van der Waals surface area (Å²) in [6.07, 6.45) is 0.283. The number of aromatic nitrogens is 4. The maximum Gasteiger partial charge on any atom is 0.415 e. The Kier molecular flexibility index (Phi) is 9.94. The Bertz CT molecular complexity index is 2820. The number of carbonyl (C=O) groups is 2. The van der Waals surface area contributed by atoms with Crippen molar-refractivity contribution in [3.05, 3.63) is 110 Å². The Morgan fingerprint density at radius 2 is 1.70 bits per heavy atom. The monoisotopic (exact) mass is 824 g/mol. The van der Waals surface area contributed by atoms with Crippen molar-refractivity contribution < 1.29 is 34.4 Å². The van der Waals surface area contributed by atoms with Gasteiger partial charge in [0.05, 0.1) is 29.0 Å². The van der Waals surface area contributed by atoms with Crippen molar-refractivity contribution in [2.45, 2.75) is 78.7 Å². The molecule has 1 atom stereocenters. The Labute approximate surface area is 352 Å². The number of H-pyrrole nitrogens is 1. The van der Waals surface area contributed by atoms with Gasteiger partial charge >= 0.3 is 12.1 Å². The lowest BCUT2D eigenvalue weighted by Crippen LogP contribution is -2.49. The minimum absolute atomic E-state index is 0.0341. The molecule has 3 aliphatic rings. The first kappa shape index (κ1) is 39.9. The zero-order valence-electron chi connectivity index (χ0n) is 34.8. The maximum atomic E-state index is 13.7. The third-order valence-corrected chi connectivity index (χ3v) is 12.6. The first-order valence-electron chi connectivity index (χ1n) is 20.8. The second-order valence-electron chi connectivity index (χ2n) is 16.5. The van der Waals surface area contributed by atoms with Crippen LogP contribution in [-0.2, 0) is 41.2 Å². The normalized spacial score (nSPS) is 17.4. The van der Waals surface area contributed by atoms with Gasteiger partial charge in [-0.15, -0.1) is 0 Å². The number of rotatable bonds is 8. The van der Waals surface area contributed by atoms with Crippen molar-refractivity contribution in [2.24, 2.45) is 0 Å². The van der Waals surface area contributed by atoms with E-state index in [1.54, 1.807) is 34.6 Å². The number of esters is 1. The summed E-state index contributed by atoms with van der Waals surface area (Å²) in [5.74, 6) is -0.267. The van der Waals surface area contributed by atoms with E-state index >= 15 is 0 Å². The van der Waals surface area contributed by atoms with Crippen LogP contribution in [0.3, 0.4) is 0 Å². The predicted molar refractivity (Wildman–Crippen MR) is 228 cm³/mol. The van der Waals surface area contributed by atoms with Crippen molar-refractivity contribution in [3.63, 3.8) is 0 Å². The molecule has 4 N–H and O–H groups in total. The van der Waals surface area contributed by atoms with Crippen LogP contribution in [0.4, 0.5) is 4.79 Å². The van der Waals surface area contributed by atoms with Crippen LogP contribution in [0, 0.1) is 6.92 Å². The SMILES string of the molecule is CCc1c2c(nc3ccc(OC(=O)N4CCN(Cc5ccc(-c6c(-c7cc(C(C)C)c(O)cc7O)n[nH]c6C)cc5)CC4)cc13)-c1cc3c(c(=O)n1C2)COC(=O)[C@]3(O)CC. The molecule has 1 fully saturated rings. The van der Waals surface area contributed by atoms with Crippen molar-refractivity contribution in [1.82, 2.24) is 29.5 Å². The van der Waals surface area contributed by atoms with E-state index in [1.165, 1.54) is 6.07 Å². The zero-order valence-corrected chi connectivity index (χ0v) is 34.8. The van der Waals surface area contributed by atoms with Gasteiger partial charge in [0.15, 0.2) is 5.60 Å². The molecule has 314 valence electrons. The van der Waals surface area contributed by atoms with E-state index in [-0.39, 0.29) is 53.7 Å². The fourth-order valence-electron chi connectivity index (χ4n) is 9.12. The number of carbonyl (C=O) groups excluding carboxylic acids is 2. The van der Waals surface area contributed by atoms with Gasteiger partial charge in [0.25, 0.3) is 5.56 Å². The van der Waals surface area contributed by atoms with Gasteiger partial charge in [0.1, 0.15) is 29.5 Å². The molecule has 1 amide bonds. The number of piperazine rings is 1. The van der Waals surface area contributed by atoms with Gasteiger partial charge in [0, 0.05) is 72.1 Å². The molecule has 0 unspecified atom stereocenters. The van der Waals surface area contributed by atoms with Crippen LogP contribution in [0.5, 0.6) is 17.2 Å². The van der Waals surface area contributed by atoms with E-state index in [4.69, 9.17) is 14.5 Å². The third-order valence-electron chi connectivity index (χ3n) is 12.6. The molecule has 0 spiro atoms. The van der Waals surface area contributed by atoms with Gasteiger partial charge in [-0.05, 0) is 78.3 Å². The smallest absolute Gasteiger partial charge is 0.415 e. The highest BCUT2D eigenvalue weighted by molar-refractivity contribution is 5.91. The Balaban J connectivity index is 0.866. The van der Waals surface area contributed by atoms with Crippen LogP contribution in [0.2, 0.25) is 0 Å². The summed E-state index contributed by atoms with van der Waals surface area (Å²) in [7, 11) is 0. The number of nitrogens with zero attached hydrogens (tertiary/aromatic N) is 5. The summed E-state index contributed by atoms with van der Waals surface area (Å²) in [4.78, 5) is 48.8. The van der Waals surface area contributed by atoms with Gasteiger partial charge < -0.3 is 34.3 Å². The number of ether oxygens (including phenoxy) is 2. The molecule has 6 aromatic rings. The van der Waals surface area contributed by atoms with E-state index in [1.807, 2.05) is 39.8 Å². The van der Waals surface area contributed by atoms with Crippen LogP contribution in [0.1, 0.15) is 79.1 Å². The quantitative estimate of drug-likeness (QED) is 0.118. The minimum Gasteiger partial charge on any atom is -0.508 e. The number of aromatic hydroxyl groups is 2. The lowest BCUT2D eigenvalue weighted by molar-refractivity contribution is -0.172. The van der Waals surface area contributed by atoms with E-state index < -0.39 is 17.7 Å². The summed E-state index contributed by atoms with van der Waals surface area (Å²) in [5, 5.41) is 40.8. The number of amides is 1. The van der Waals surface area contributed by atoms with Crippen molar-refractivity contribution >= 4 is 23.0 Å². The van der Waals surface area contributed by atoms with Gasteiger partial charge in [0.2, 0.25) is 0 Å². The topological polar surface area (TPSA) is 183 Å². The molecule has 0 aliphatic carbocycles. The molecule has 6 heterocycles. The Hall–Kier alpha value is -6.51. The van der Waals surface area contributed by atoms with Crippen LogP contribution < -0.4 is 10.3 Å². The molecule has 1 saturated heterocycles. The molecule has 61 heavy (non-hydrogen) atoms. The number of aryl methyl sites for hydroxylation is 2. The van der Waals surface area contributed by atoms with Crippen LogP contribution in [-0.4, -0.2) is 83.1 Å². The summed E-state index contributed by atoms with van der Waals surface area (Å²) in [6, 6.07) is 18.6. The minimum atomic E-state index is -1.90. The molecule has 14 heteroatoms. The Morgan fingerprint density at radius 3 is 2.41 bits per heavy atom. The number of hydrogen-bond acceptors (Lipinski definition) is 11. The first-order chi connectivity index (χ1) is 29.3. The standard InChI is InChI=1S/C47H48N6O8/c1-6-30-32-18-29(12-13-37(32)48-42-34(30)23-53-38(42)20-36-35(44(53)56)24-60-45(57)47(36,59)7-2)61-46(58)52-16-14-51(15-17-52)22-27-8-10-28(11-9-27)41-26(5)49-50-43(41)33-19-31(25(3)4)39(54)21-40(33)55/h8-13,18-21,25,54-55,59H,6-7,14-17,22-24H2,1-5H3,(H,49,50)/t47-/m0/s1. The van der Waals surface area contributed by atoms with E-state index in [2.05, 4.69) is 39.4 Å². The van der Waals surface area contributed by atoms with E-state index in [0.717, 1.165) is 44.5 Å². The van der Waals surface area contributed by atoms with Gasteiger partial charge in [-0.1, -0.05) is 52.0 Å². The van der Waals surface area contributed by atoms with Crippen molar-refractivity contribution in [3.8, 4) is 51.0 Å². The van der Waals surface area contributed by atoms with Crippen LogP contribution in [0.15, 0.2) is 65.5 Å². The second kappa shape index (κ2) is 15.2. The lowest BCUT2D eigenvalue weighted by Gasteiger charge is -2.34. The number of pyridine rings is 2. The number of aromatic amines is 1. The summed E-state index contributed by atoms with van der Waals surface area (Å²) in [6.45, 7) is 12.8. The van der Waals surface area contributed by atoms with Gasteiger partial charge in [-0.2, -0.15) is 5.10 Å². The number of cyclic esters (lactones) is 1. The molecular formula is C47H48N6O8. The highest BCUT2D eigenvalue weighted by atomic mass is 16.6. The summed E-state index contributed by atoms with van der Waals surface area (Å²) >= 11 is 0. The lowest BCUT2D eigenvalue weighted by atomic mass is 9.86. The molecule has 0 bridgehead atoms. The number of phenolic OH excluding ortho intramolecular Hbond substituents is 2. The molecule has 0 radical (unpaired) electrons. The largest absolute Gasteiger partial charge is 0.508 e. The average Bonchev–Trinajstić information content (AvgIpc) is 3.82. The van der Waals surface area contributed by atoms with E-state index in [9.17, 15) is 29.7 Å². The van der Waals surface area contributed by atoms with Crippen molar-refractivity contribution in [1.29, 1.82) is 0 Å². The fraction of sp³-hybridized carbons (Fsp3) is 0.340. The molecule has 3 aromatic carbocycles. The first-order valence-corrected chi connectivity index (χ1v) is 20.8. The van der Waals surface area contributed by atoms with Gasteiger partial charge in [-0.25, -0.2) is 14.6 Å². The molecule has 0 saturated carbocycles. The number of benzene rings is 3. The maximum absolute atomic E-state index is 13.7. The highest BCUT2D eigenvalue weighted by Gasteiger charge is 2.45. The fourth-order valence-corrected chi connectivity index (χ4v) is 9.12. The highest BCUT2D eigenvalue weighted by Crippen LogP contribution is 2.43. The third kappa shape index (κ3) is 6.70. The number of hydrogen-bond donors (Lipinski definition) is 4. The molecule has 3 aliphatic heterocycles.